The Kier molecular flexibility index (Phi) is 33.9. The van der Waals surface area contributed by atoms with Crippen LogP contribution in [0.3, 0.4) is 0 Å². The van der Waals surface area contributed by atoms with Gasteiger partial charge in [-0.05, 0) is 32.1 Å². The lowest BCUT2D eigenvalue weighted by Crippen LogP contribution is -2.02. The minimum absolute atomic E-state index is 0.0972. The highest BCUT2D eigenvalue weighted by atomic mass is 16.4. The van der Waals surface area contributed by atoms with Gasteiger partial charge >= 0.3 is 5.97 Å². The minimum Gasteiger partial charge on any atom is -0.481 e. The van der Waals surface area contributed by atoms with E-state index in [0.717, 1.165) is 12.8 Å². The maximum absolute atomic E-state index is 10.3. The van der Waals surface area contributed by atoms with Crippen molar-refractivity contribution in [3.63, 3.8) is 0 Å². The number of hydrogen-bond donors (Lipinski definition) is 4. The van der Waals surface area contributed by atoms with Gasteiger partial charge in [0.2, 0.25) is 5.91 Å². The van der Waals surface area contributed by atoms with Crippen LogP contribution in [0, 0.1) is 0 Å². The second kappa shape index (κ2) is 30.3. The molecular weight excluding hydrogens is 356 g/mol. The quantitative estimate of drug-likeness (QED) is 0.223. The highest BCUT2D eigenvalue weighted by molar-refractivity contribution is 5.70. The van der Waals surface area contributed by atoms with Gasteiger partial charge in [-0.25, -0.2) is 0 Å². The maximum atomic E-state index is 10.3. The number of carbonyl (C=O) groups excluding carboxylic acids is 1. The van der Waals surface area contributed by atoms with E-state index in [1.165, 1.54) is 77.6 Å². The third-order valence-electron chi connectivity index (χ3n) is 3.78. The van der Waals surface area contributed by atoms with Crippen molar-refractivity contribution in [2.75, 3.05) is 13.2 Å². The Morgan fingerprint density at radius 3 is 1.54 bits per heavy atom. The van der Waals surface area contributed by atoms with E-state index >= 15 is 0 Å². The van der Waals surface area contributed by atoms with E-state index in [9.17, 15) is 9.59 Å². The molecule has 1 amide bonds. The molecule has 6 nitrogen and oxygen atoms in total. The van der Waals surface area contributed by atoms with Gasteiger partial charge in [0, 0.05) is 19.9 Å². The predicted octanol–water partition coefficient (Wildman–Crippen LogP) is 4.54. The van der Waals surface area contributed by atoms with Gasteiger partial charge in [-0.15, -0.1) is 0 Å². The van der Waals surface area contributed by atoms with Gasteiger partial charge in [-0.3, -0.25) is 9.59 Å². The van der Waals surface area contributed by atoms with E-state index in [0.29, 0.717) is 13.0 Å². The summed E-state index contributed by atoms with van der Waals surface area (Å²) in [4.78, 5) is 19.5. The number of primary amides is 1. The van der Waals surface area contributed by atoms with E-state index in [1.54, 1.807) is 0 Å². The number of nitrogens with two attached hydrogens (primary N) is 2. The molecule has 0 aliphatic carbocycles. The predicted molar refractivity (Wildman–Crippen MR) is 118 cm³/mol. The molecule has 0 aromatic rings. The van der Waals surface area contributed by atoms with Crippen molar-refractivity contribution in [3.05, 3.63) is 12.2 Å². The average Bonchev–Trinajstić information content (AvgIpc) is 2.64. The summed E-state index contributed by atoms with van der Waals surface area (Å²) in [7, 11) is 0. The summed E-state index contributed by atoms with van der Waals surface area (Å²) >= 11 is 0. The Bertz CT molecular complexity index is 341. The van der Waals surface area contributed by atoms with E-state index in [4.69, 9.17) is 15.9 Å². The van der Waals surface area contributed by atoms with Gasteiger partial charge in [0.1, 0.15) is 0 Å². The second-order valence-electron chi connectivity index (χ2n) is 6.85. The summed E-state index contributed by atoms with van der Waals surface area (Å²) in [6.07, 6.45) is 21.2. The molecule has 0 saturated carbocycles. The van der Waals surface area contributed by atoms with Crippen LogP contribution in [-0.4, -0.2) is 35.2 Å². The average molecular weight is 403 g/mol. The van der Waals surface area contributed by atoms with Gasteiger partial charge in [-0.1, -0.05) is 70.4 Å². The van der Waals surface area contributed by atoms with Gasteiger partial charge in [0.25, 0.3) is 0 Å². The van der Waals surface area contributed by atoms with Gasteiger partial charge in [0.15, 0.2) is 0 Å². The molecule has 0 unspecified atom stereocenters. The Balaban J connectivity index is -0.000000656. The van der Waals surface area contributed by atoms with Crippen molar-refractivity contribution >= 4 is 11.9 Å². The largest absolute Gasteiger partial charge is 0.481 e. The zero-order valence-electron chi connectivity index (χ0n) is 18.3. The third kappa shape index (κ3) is 49.7. The summed E-state index contributed by atoms with van der Waals surface area (Å²) in [5, 5.41) is 16.3. The SMILES string of the molecule is CC(N)=O.CCCCCCCC/C=C\CCCCCCCC(=O)O.NCCO. The first-order valence-corrected chi connectivity index (χ1v) is 10.9. The number of amides is 1. The zero-order valence-corrected chi connectivity index (χ0v) is 18.3. The lowest BCUT2D eigenvalue weighted by Gasteiger charge is -1.99. The molecular formula is C22H46N2O4. The molecule has 0 aromatic heterocycles. The molecule has 0 aromatic carbocycles. The summed E-state index contributed by atoms with van der Waals surface area (Å²) < 4.78 is 0. The molecule has 168 valence electrons. The van der Waals surface area contributed by atoms with Crippen LogP contribution in [0.15, 0.2) is 12.2 Å². The molecule has 0 radical (unpaired) electrons. The normalized spacial score (nSPS) is 10.0. The number of aliphatic hydroxyl groups is 1. The summed E-state index contributed by atoms with van der Waals surface area (Å²) in [5.74, 6) is -0.998. The van der Waals surface area contributed by atoms with Crippen LogP contribution >= 0.6 is 0 Å². The van der Waals surface area contributed by atoms with Crippen LogP contribution in [0.1, 0.15) is 104 Å². The first-order valence-electron chi connectivity index (χ1n) is 10.9. The highest BCUT2D eigenvalue weighted by Crippen LogP contribution is 2.09. The molecule has 0 heterocycles. The monoisotopic (exact) mass is 402 g/mol. The smallest absolute Gasteiger partial charge is 0.303 e. The van der Waals surface area contributed by atoms with Crippen LogP contribution in [0.2, 0.25) is 0 Å². The van der Waals surface area contributed by atoms with Crippen LogP contribution in [0.4, 0.5) is 0 Å². The first-order chi connectivity index (χ1) is 13.4. The van der Waals surface area contributed by atoms with E-state index in [2.05, 4.69) is 24.8 Å². The number of aliphatic carboxylic acids is 1. The number of hydrogen-bond acceptors (Lipinski definition) is 4. The number of carboxylic acid groups (broad SMARTS) is 1. The summed E-state index contributed by atoms with van der Waals surface area (Å²) in [6, 6.07) is 0. The Morgan fingerprint density at radius 2 is 1.18 bits per heavy atom. The molecule has 0 saturated heterocycles. The van der Waals surface area contributed by atoms with Crippen molar-refractivity contribution in [2.45, 2.75) is 104 Å². The topological polar surface area (TPSA) is 127 Å². The molecule has 0 rings (SSSR count). The van der Waals surface area contributed by atoms with Crippen molar-refractivity contribution in [1.82, 2.24) is 0 Å². The molecule has 28 heavy (non-hydrogen) atoms. The van der Waals surface area contributed by atoms with E-state index in [-0.39, 0.29) is 12.5 Å². The fourth-order valence-electron chi connectivity index (χ4n) is 2.35. The van der Waals surface area contributed by atoms with Crippen molar-refractivity contribution < 1.29 is 19.8 Å². The fourth-order valence-corrected chi connectivity index (χ4v) is 2.35. The number of rotatable bonds is 16. The molecule has 0 aliphatic heterocycles. The maximum Gasteiger partial charge on any atom is 0.303 e. The Hall–Kier alpha value is -1.40. The first kappa shape index (κ1) is 31.3. The summed E-state index contributed by atoms with van der Waals surface area (Å²) in [6.45, 7) is 4.04. The highest BCUT2D eigenvalue weighted by Gasteiger charge is 1.95. The minimum atomic E-state index is -0.664. The molecule has 6 N–H and O–H groups in total. The zero-order chi connectivity index (χ0) is 21.9. The van der Waals surface area contributed by atoms with Gasteiger partial charge < -0.3 is 21.7 Å². The van der Waals surface area contributed by atoms with Crippen molar-refractivity contribution in [3.8, 4) is 0 Å². The number of aliphatic hydroxyl groups excluding tert-OH is 1. The van der Waals surface area contributed by atoms with E-state index in [1.807, 2.05) is 0 Å². The van der Waals surface area contributed by atoms with E-state index < -0.39 is 5.97 Å². The van der Waals surface area contributed by atoms with Gasteiger partial charge in [0.05, 0.1) is 6.61 Å². The number of carboxylic acids is 1. The molecule has 0 spiro atoms. The van der Waals surface area contributed by atoms with Crippen LogP contribution in [0.25, 0.3) is 0 Å². The molecule has 0 aliphatic rings. The molecule has 0 fully saturated rings. The number of unbranched alkanes of at least 4 members (excludes halogenated alkanes) is 11. The fraction of sp³-hybridized carbons (Fsp3) is 0.818. The lowest BCUT2D eigenvalue weighted by atomic mass is 10.1. The van der Waals surface area contributed by atoms with Crippen molar-refractivity contribution in [1.29, 1.82) is 0 Å². The number of allylic oxidation sites excluding steroid dienone is 2. The molecule has 6 heteroatoms. The Morgan fingerprint density at radius 1 is 0.821 bits per heavy atom. The third-order valence-corrected chi connectivity index (χ3v) is 3.78. The Labute approximate surface area is 172 Å². The van der Waals surface area contributed by atoms with Crippen molar-refractivity contribution in [2.24, 2.45) is 11.5 Å². The molecule has 0 atom stereocenters. The van der Waals surface area contributed by atoms with Crippen LogP contribution in [-0.2, 0) is 9.59 Å². The lowest BCUT2D eigenvalue weighted by molar-refractivity contribution is -0.137. The second-order valence-corrected chi connectivity index (χ2v) is 6.85. The summed E-state index contributed by atoms with van der Waals surface area (Å²) in [5.41, 5.74) is 9.25. The standard InChI is InChI=1S/C18H34O2.C2H5NO.C2H7NO/c1-2-3-4-5-6-7-8-9-10-11-12-13-14-15-16-17-18(19)20;1-2(3)4;3-1-2-4/h9-10H,2-8,11-17H2,1H3,(H,19,20);1H3,(H2,3,4);4H,1-3H2/b10-9-;;. The number of carbonyl (C=O) groups is 2. The van der Waals surface area contributed by atoms with Crippen LogP contribution in [0.5, 0.6) is 0 Å². The molecule has 0 bridgehead atoms. The van der Waals surface area contributed by atoms with Gasteiger partial charge in [-0.2, -0.15) is 0 Å². The van der Waals surface area contributed by atoms with Crippen LogP contribution < -0.4 is 11.5 Å².